The van der Waals surface area contributed by atoms with E-state index >= 15 is 0 Å². The molecule has 30 heavy (non-hydrogen) atoms. The van der Waals surface area contributed by atoms with Gasteiger partial charge in [0.2, 0.25) is 0 Å². The van der Waals surface area contributed by atoms with Crippen LogP contribution in [0.1, 0.15) is 30.9 Å². The van der Waals surface area contributed by atoms with Crippen molar-refractivity contribution in [3.63, 3.8) is 0 Å². The topological polar surface area (TPSA) is 48.6 Å². The Morgan fingerprint density at radius 2 is 1.97 bits per heavy atom. The molecule has 158 valence electrons. The maximum Gasteiger partial charge on any atom is 0.250 e. The van der Waals surface area contributed by atoms with Crippen LogP contribution in [0.2, 0.25) is 0 Å². The van der Waals surface area contributed by atoms with Crippen molar-refractivity contribution < 1.29 is 9.47 Å². The van der Waals surface area contributed by atoms with Gasteiger partial charge >= 0.3 is 0 Å². The number of likely N-dealkylation sites (tertiary alicyclic amines) is 1. The first-order chi connectivity index (χ1) is 14.7. The number of benzene rings is 1. The highest BCUT2D eigenvalue weighted by atomic mass is 16.5. The summed E-state index contributed by atoms with van der Waals surface area (Å²) in [4.78, 5) is 14.3. The Morgan fingerprint density at radius 1 is 1.10 bits per heavy atom. The van der Waals surface area contributed by atoms with Crippen molar-refractivity contribution in [1.29, 1.82) is 0 Å². The third-order valence-corrected chi connectivity index (χ3v) is 6.43. The molecule has 0 saturated carbocycles. The fourth-order valence-corrected chi connectivity index (χ4v) is 4.63. The van der Waals surface area contributed by atoms with E-state index in [0.717, 1.165) is 63.4 Å². The van der Waals surface area contributed by atoms with Crippen LogP contribution in [-0.4, -0.2) is 46.4 Å². The normalized spacial score (nSPS) is 20.8. The van der Waals surface area contributed by atoms with Crippen molar-refractivity contribution in [2.75, 3.05) is 26.3 Å². The summed E-state index contributed by atoms with van der Waals surface area (Å²) in [7, 11) is 1.78. The summed E-state index contributed by atoms with van der Waals surface area (Å²) in [6, 6.07) is 12.7. The highest BCUT2D eigenvalue weighted by Crippen LogP contribution is 2.32. The molecule has 6 heteroatoms. The molecule has 0 aliphatic carbocycles. The van der Waals surface area contributed by atoms with Crippen molar-refractivity contribution in [3.05, 3.63) is 64.7 Å². The first kappa shape index (κ1) is 19.4. The van der Waals surface area contributed by atoms with Crippen LogP contribution in [0.25, 0.3) is 10.9 Å². The van der Waals surface area contributed by atoms with Gasteiger partial charge in [-0.2, -0.15) is 0 Å². The van der Waals surface area contributed by atoms with E-state index in [-0.39, 0.29) is 11.7 Å². The van der Waals surface area contributed by atoms with E-state index in [9.17, 15) is 4.79 Å². The van der Waals surface area contributed by atoms with Gasteiger partial charge in [-0.25, -0.2) is 0 Å². The molecular weight excluding hydrogens is 378 g/mol. The lowest BCUT2D eigenvalue weighted by atomic mass is 10.1. The molecule has 3 aromatic rings. The van der Waals surface area contributed by atoms with Crippen LogP contribution in [0.5, 0.6) is 5.75 Å². The number of aryl methyl sites for hydroxylation is 1. The molecule has 2 aliphatic heterocycles. The van der Waals surface area contributed by atoms with Gasteiger partial charge in [0.05, 0.1) is 18.2 Å². The van der Waals surface area contributed by atoms with Crippen molar-refractivity contribution in [1.82, 2.24) is 14.0 Å². The van der Waals surface area contributed by atoms with Gasteiger partial charge in [0.1, 0.15) is 11.9 Å². The third kappa shape index (κ3) is 3.89. The Labute approximate surface area is 176 Å². The third-order valence-electron chi connectivity index (χ3n) is 6.43. The summed E-state index contributed by atoms with van der Waals surface area (Å²) in [5, 5.41) is 1.19. The van der Waals surface area contributed by atoms with Gasteiger partial charge in [-0.15, -0.1) is 0 Å². The second-order valence-corrected chi connectivity index (χ2v) is 8.51. The smallest absolute Gasteiger partial charge is 0.250 e. The number of hydrogen-bond acceptors (Lipinski definition) is 4. The van der Waals surface area contributed by atoms with E-state index in [1.807, 2.05) is 12.3 Å². The summed E-state index contributed by atoms with van der Waals surface area (Å²) in [5.74, 6) is 0.982. The van der Waals surface area contributed by atoms with E-state index < -0.39 is 0 Å². The zero-order valence-electron chi connectivity index (χ0n) is 17.5. The molecule has 2 aromatic heterocycles. The molecule has 0 N–H and O–H groups in total. The summed E-state index contributed by atoms with van der Waals surface area (Å²) in [6.07, 6.45) is 7.31. The second-order valence-electron chi connectivity index (χ2n) is 8.51. The summed E-state index contributed by atoms with van der Waals surface area (Å²) in [6.45, 7) is 4.43. The number of aromatic nitrogens is 2. The first-order valence-corrected chi connectivity index (χ1v) is 10.9. The van der Waals surface area contributed by atoms with Gasteiger partial charge in [-0.3, -0.25) is 9.69 Å². The van der Waals surface area contributed by atoms with Gasteiger partial charge in [-0.05, 0) is 49.1 Å². The Morgan fingerprint density at radius 3 is 2.73 bits per heavy atom. The van der Waals surface area contributed by atoms with Gasteiger partial charge in [0.15, 0.2) is 0 Å². The molecule has 1 aromatic carbocycles. The number of pyridine rings is 1. The molecular formula is C24H29N3O3. The van der Waals surface area contributed by atoms with E-state index in [1.165, 1.54) is 10.9 Å². The number of nitrogens with zero attached hydrogens (tertiary/aromatic N) is 3. The van der Waals surface area contributed by atoms with Crippen molar-refractivity contribution in [2.24, 2.45) is 7.05 Å². The first-order valence-electron chi connectivity index (χ1n) is 10.9. The molecule has 1 unspecified atom stereocenters. The van der Waals surface area contributed by atoms with Crippen molar-refractivity contribution >= 4 is 10.9 Å². The van der Waals surface area contributed by atoms with Crippen LogP contribution in [0.4, 0.5) is 0 Å². The summed E-state index contributed by atoms with van der Waals surface area (Å²) >= 11 is 0. The molecule has 0 bridgehead atoms. The minimum atomic E-state index is 0.0508. The minimum Gasteiger partial charge on any atom is -0.490 e. The molecule has 0 radical (unpaired) electrons. The average molecular weight is 408 g/mol. The Kier molecular flexibility index (Phi) is 5.35. The minimum absolute atomic E-state index is 0.0508. The molecule has 2 fully saturated rings. The van der Waals surface area contributed by atoms with E-state index in [0.29, 0.717) is 6.04 Å². The van der Waals surface area contributed by atoms with E-state index in [1.54, 1.807) is 17.7 Å². The molecule has 0 amide bonds. The summed E-state index contributed by atoms with van der Waals surface area (Å²) in [5.41, 5.74) is 2.36. The lowest BCUT2D eigenvalue weighted by Gasteiger charge is -2.32. The molecule has 2 aliphatic rings. The van der Waals surface area contributed by atoms with Crippen LogP contribution >= 0.6 is 0 Å². The summed E-state index contributed by atoms with van der Waals surface area (Å²) < 4.78 is 16.0. The highest BCUT2D eigenvalue weighted by Gasteiger charge is 2.23. The molecule has 2 saturated heterocycles. The number of fused-ring (bicyclic) bond motifs is 1. The number of ether oxygens (including phenoxy) is 2. The maximum atomic E-state index is 11.8. The fourth-order valence-electron chi connectivity index (χ4n) is 4.63. The molecule has 6 nitrogen and oxygen atoms in total. The van der Waals surface area contributed by atoms with Gasteiger partial charge in [0.25, 0.3) is 5.56 Å². The quantitative estimate of drug-likeness (QED) is 0.651. The van der Waals surface area contributed by atoms with Crippen LogP contribution < -0.4 is 10.3 Å². The van der Waals surface area contributed by atoms with Gasteiger partial charge in [0, 0.05) is 57.1 Å². The van der Waals surface area contributed by atoms with Crippen LogP contribution in [0, 0.1) is 0 Å². The maximum absolute atomic E-state index is 11.8. The lowest BCUT2D eigenvalue weighted by Crippen LogP contribution is -2.38. The van der Waals surface area contributed by atoms with E-state index in [4.69, 9.17) is 9.47 Å². The predicted molar refractivity (Wildman–Crippen MR) is 117 cm³/mol. The zero-order valence-corrected chi connectivity index (χ0v) is 17.5. The Balaban J connectivity index is 1.22. The largest absolute Gasteiger partial charge is 0.490 e. The Bertz CT molecular complexity index is 1070. The van der Waals surface area contributed by atoms with Crippen LogP contribution in [0.3, 0.4) is 0 Å². The van der Waals surface area contributed by atoms with Gasteiger partial charge in [-0.1, -0.05) is 6.07 Å². The fraction of sp³-hybridized carbons (Fsp3) is 0.458. The zero-order chi connectivity index (χ0) is 20.5. The second kappa shape index (κ2) is 8.28. The van der Waals surface area contributed by atoms with Crippen molar-refractivity contribution in [3.8, 4) is 5.75 Å². The lowest BCUT2D eigenvalue weighted by molar-refractivity contribution is 0.0979. The Hall–Kier alpha value is -2.57. The molecule has 0 spiro atoms. The van der Waals surface area contributed by atoms with Gasteiger partial charge < -0.3 is 18.6 Å². The predicted octanol–water partition coefficient (Wildman–Crippen LogP) is 3.34. The molecule has 1 atom stereocenters. The van der Waals surface area contributed by atoms with Crippen LogP contribution in [-0.2, 0) is 18.3 Å². The highest BCUT2D eigenvalue weighted by molar-refractivity contribution is 5.86. The number of rotatable bonds is 5. The molecule has 4 heterocycles. The standard InChI is InChI=1S/C24H29N3O3/c1-25-10-5-18(15-24(25)28)16-26-11-6-20(7-12-26)30-23-4-2-3-22-21(23)8-13-27(22)19-9-14-29-17-19/h2-5,8,10,13,15,19-20H,6-7,9,11-12,14,16-17H2,1H3. The number of hydrogen-bond donors (Lipinski definition) is 0. The monoisotopic (exact) mass is 407 g/mol. The SMILES string of the molecule is Cn1ccc(CN2CCC(Oc3cccc4c3ccn4C3CCOC3)CC2)cc1=O. The average Bonchev–Trinajstić information content (AvgIpc) is 3.42. The number of piperidine rings is 1. The van der Waals surface area contributed by atoms with Crippen LogP contribution in [0.15, 0.2) is 53.6 Å². The molecule has 5 rings (SSSR count). The van der Waals surface area contributed by atoms with Crippen molar-refractivity contribution in [2.45, 2.75) is 38.0 Å². The van der Waals surface area contributed by atoms with E-state index in [2.05, 4.69) is 39.9 Å².